The smallest absolute Gasteiger partial charge is 0.287 e. The molecule has 0 amide bonds. The maximum atomic E-state index is 13.0. The van der Waals surface area contributed by atoms with Gasteiger partial charge in [0, 0.05) is 19.4 Å². The van der Waals surface area contributed by atoms with Gasteiger partial charge >= 0.3 is 0 Å². The molecule has 0 aliphatic carbocycles. The first kappa shape index (κ1) is 14.1. The predicted molar refractivity (Wildman–Crippen MR) is 67.0 cm³/mol. The summed E-state index contributed by atoms with van der Waals surface area (Å²) in [5.41, 5.74) is 0. The molecule has 0 aliphatic rings. The minimum Gasteiger partial charge on any atom is -0.390 e. The average molecular weight is 285 g/mol. The third kappa shape index (κ3) is 3.35. The second kappa shape index (κ2) is 5.74. The van der Waals surface area contributed by atoms with E-state index in [9.17, 15) is 8.78 Å². The Morgan fingerprint density at radius 3 is 2.65 bits per heavy atom. The summed E-state index contributed by atoms with van der Waals surface area (Å²) in [5.74, 6) is -2.82. The molecular formula is C10H13F2N7O. The Morgan fingerprint density at radius 2 is 2.05 bits per heavy atom. The number of alkyl halides is 2. The molecule has 8 nitrogen and oxygen atoms in total. The highest BCUT2D eigenvalue weighted by atomic mass is 19.3. The van der Waals surface area contributed by atoms with E-state index in [-0.39, 0.29) is 17.8 Å². The fourth-order valence-electron chi connectivity index (χ4n) is 1.31. The fraction of sp³-hybridized carbons (Fsp3) is 0.400. The van der Waals surface area contributed by atoms with Gasteiger partial charge in [0.15, 0.2) is 0 Å². The van der Waals surface area contributed by atoms with Crippen molar-refractivity contribution in [3.05, 3.63) is 18.7 Å². The van der Waals surface area contributed by atoms with E-state index in [1.165, 1.54) is 17.1 Å². The lowest BCUT2D eigenvalue weighted by Crippen LogP contribution is -2.31. The summed E-state index contributed by atoms with van der Waals surface area (Å²) in [6.45, 7) is -2.03. The third-order valence-electron chi connectivity index (χ3n) is 2.32. The Bertz CT molecular complexity index is 561. The standard InChI is InChI=1S/C10H13F2N7O/c1-13-7-16-8(15-4-10(11,12)5-20)18-9(17-7)19-3-2-14-6-19/h2-3,6,20H,4-5H2,1H3,(H2,13,15,16,17,18). The Hall–Kier alpha value is -2.36. The van der Waals surface area contributed by atoms with Gasteiger partial charge in [0.05, 0.1) is 6.54 Å². The number of rotatable bonds is 6. The van der Waals surface area contributed by atoms with E-state index in [4.69, 9.17) is 5.11 Å². The van der Waals surface area contributed by atoms with Crippen LogP contribution in [0.3, 0.4) is 0 Å². The maximum absolute atomic E-state index is 13.0. The highest BCUT2D eigenvalue weighted by Crippen LogP contribution is 2.14. The molecule has 10 heteroatoms. The number of aliphatic hydroxyl groups excluding tert-OH is 1. The number of hydrogen-bond acceptors (Lipinski definition) is 7. The second-order valence-corrected chi connectivity index (χ2v) is 3.87. The first-order valence-electron chi connectivity index (χ1n) is 5.69. The molecule has 2 aromatic heterocycles. The molecule has 0 atom stereocenters. The third-order valence-corrected chi connectivity index (χ3v) is 2.32. The number of nitrogens with zero attached hydrogens (tertiary/aromatic N) is 5. The van der Waals surface area contributed by atoms with Crippen LogP contribution in [-0.4, -0.2) is 55.7 Å². The molecule has 2 heterocycles. The Kier molecular flexibility index (Phi) is 4.03. The SMILES string of the molecule is CNc1nc(NCC(F)(F)CO)nc(-n2ccnc2)n1. The molecule has 0 fully saturated rings. The van der Waals surface area contributed by atoms with E-state index in [0.717, 1.165) is 0 Å². The second-order valence-electron chi connectivity index (χ2n) is 3.87. The number of aliphatic hydroxyl groups is 1. The van der Waals surface area contributed by atoms with Crippen molar-refractivity contribution in [2.24, 2.45) is 0 Å². The van der Waals surface area contributed by atoms with Crippen LogP contribution in [0.2, 0.25) is 0 Å². The molecule has 0 bridgehead atoms. The van der Waals surface area contributed by atoms with E-state index in [1.54, 1.807) is 13.2 Å². The number of hydrogen-bond donors (Lipinski definition) is 3. The minimum absolute atomic E-state index is 0.0267. The molecule has 0 aromatic carbocycles. The van der Waals surface area contributed by atoms with Crippen LogP contribution >= 0.6 is 0 Å². The highest BCUT2D eigenvalue weighted by Gasteiger charge is 2.27. The van der Waals surface area contributed by atoms with Gasteiger partial charge in [-0.3, -0.25) is 4.57 Å². The number of imidazole rings is 1. The summed E-state index contributed by atoms with van der Waals surface area (Å²) in [5, 5.41) is 13.6. The summed E-state index contributed by atoms with van der Waals surface area (Å²) < 4.78 is 27.5. The maximum Gasteiger partial charge on any atom is 0.287 e. The molecule has 2 aromatic rings. The molecule has 0 radical (unpaired) electrons. The van der Waals surface area contributed by atoms with Crippen molar-refractivity contribution in [3.8, 4) is 5.95 Å². The summed E-state index contributed by atoms with van der Waals surface area (Å²) in [7, 11) is 1.60. The summed E-state index contributed by atoms with van der Waals surface area (Å²) in [6.07, 6.45) is 4.62. The van der Waals surface area contributed by atoms with E-state index < -0.39 is 19.1 Å². The van der Waals surface area contributed by atoms with Gasteiger partial charge in [0.25, 0.3) is 5.92 Å². The number of nitrogens with one attached hydrogen (secondary N) is 2. The number of aromatic nitrogens is 5. The van der Waals surface area contributed by atoms with E-state index in [2.05, 4.69) is 30.6 Å². The van der Waals surface area contributed by atoms with Crippen molar-refractivity contribution in [1.82, 2.24) is 24.5 Å². The molecule has 0 unspecified atom stereocenters. The summed E-state index contributed by atoms with van der Waals surface area (Å²) in [6, 6.07) is 0. The molecule has 0 aliphatic heterocycles. The van der Waals surface area contributed by atoms with Gasteiger partial charge in [0.2, 0.25) is 17.8 Å². The lowest BCUT2D eigenvalue weighted by Gasteiger charge is -2.14. The van der Waals surface area contributed by atoms with Crippen LogP contribution in [0.15, 0.2) is 18.7 Å². The van der Waals surface area contributed by atoms with Crippen LogP contribution in [0.1, 0.15) is 0 Å². The van der Waals surface area contributed by atoms with Crippen molar-refractivity contribution >= 4 is 11.9 Å². The van der Waals surface area contributed by atoms with Crippen molar-refractivity contribution < 1.29 is 13.9 Å². The monoisotopic (exact) mass is 285 g/mol. The highest BCUT2D eigenvalue weighted by molar-refractivity contribution is 5.37. The summed E-state index contributed by atoms with van der Waals surface area (Å²) >= 11 is 0. The molecule has 3 N–H and O–H groups in total. The van der Waals surface area contributed by atoms with Gasteiger partial charge in [-0.05, 0) is 0 Å². The van der Waals surface area contributed by atoms with Gasteiger partial charge < -0.3 is 15.7 Å². The normalized spacial score (nSPS) is 11.4. The first-order chi connectivity index (χ1) is 9.54. The lowest BCUT2D eigenvalue weighted by molar-refractivity contribution is -0.0374. The topological polar surface area (TPSA) is 101 Å². The molecule has 108 valence electrons. The van der Waals surface area contributed by atoms with Crippen LogP contribution in [0.25, 0.3) is 5.95 Å². The van der Waals surface area contributed by atoms with Crippen LogP contribution in [0.4, 0.5) is 20.7 Å². The van der Waals surface area contributed by atoms with Gasteiger partial charge in [0.1, 0.15) is 12.9 Å². The molecule has 20 heavy (non-hydrogen) atoms. The largest absolute Gasteiger partial charge is 0.390 e. The average Bonchev–Trinajstić information content (AvgIpc) is 2.99. The van der Waals surface area contributed by atoms with Crippen LogP contribution in [0, 0.1) is 0 Å². The number of halogens is 2. The minimum atomic E-state index is -3.25. The zero-order chi connectivity index (χ0) is 14.6. The van der Waals surface area contributed by atoms with Crippen molar-refractivity contribution in [2.75, 3.05) is 30.8 Å². The molecule has 2 rings (SSSR count). The Balaban J connectivity index is 2.23. The Labute approximate surface area is 112 Å². The van der Waals surface area contributed by atoms with Gasteiger partial charge in [-0.2, -0.15) is 15.0 Å². The van der Waals surface area contributed by atoms with E-state index in [0.29, 0.717) is 0 Å². The molecule has 0 saturated heterocycles. The van der Waals surface area contributed by atoms with Gasteiger partial charge in [-0.15, -0.1) is 0 Å². The molecular weight excluding hydrogens is 272 g/mol. The zero-order valence-corrected chi connectivity index (χ0v) is 10.6. The van der Waals surface area contributed by atoms with Crippen LogP contribution < -0.4 is 10.6 Å². The van der Waals surface area contributed by atoms with Crippen molar-refractivity contribution in [2.45, 2.75) is 5.92 Å². The fourth-order valence-corrected chi connectivity index (χ4v) is 1.31. The Morgan fingerprint density at radius 1 is 1.30 bits per heavy atom. The van der Waals surface area contributed by atoms with Crippen LogP contribution in [0.5, 0.6) is 0 Å². The predicted octanol–water partition coefficient (Wildman–Crippen LogP) is 0.138. The lowest BCUT2D eigenvalue weighted by atomic mass is 10.3. The zero-order valence-electron chi connectivity index (χ0n) is 10.6. The quantitative estimate of drug-likeness (QED) is 0.694. The van der Waals surface area contributed by atoms with E-state index in [1.807, 2.05) is 0 Å². The van der Waals surface area contributed by atoms with Crippen molar-refractivity contribution in [3.63, 3.8) is 0 Å². The first-order valence-corrected chi connectivity index (χ1v) is 5.69. The molecule has 0 saturated carbocycles. The van der Waals surface area contributed by atoms with Crippen LogP contribution in [-0.2, 0) is 0 Å². The summed E-state index contributed by atoms with van der Waals surface area (Å²) in [4.78, 5) is 15.8. The van der Waals surface area contributed by atoms with Gasteiger partial charge in [-0.1, -0.05) is 0 Å². The van der Waals surface area contributed by atoms with Gasteiger partial charge in [-0.25, -0.2) is 13.8 Å². The van der Waals surface area contributed by atoms with E-state index >= 15 is 0 Å². The number of anilines is 2. The van der Waals surface area contributed by atoms with Crippen molar-refractivity contribution in [1.29, 1.82) is 0 Å². The molecule has 0 spiro atoms.